The second-order valence-corrected chi connectivity index (χ2v) is 17.0. The summed E-state index contributed by atoms with van der Waals surface area (Å²) in [5.74, 6) is -1.96. The van der Waals surface area contributed by atoms with Crippen molar-refractivity contribution in [1.82, 2.24) is 0 Å². The first kappa shape index (κ1) is 45.1. The van der Waals surface area contributed by atoms with Gasteiger partial charge in [0.25, 0.3) is 0 Å². The molecule has 0 unspecified atom stereocenters. The minimum absolute atomic E-state index is 0.0139. The van der Waals surface area contributed by atoms with Gasteiger partial charge in [-0.3, -0.25) is 4.79 Å². The van der Waals surface area contributed by atoms with Gasteiger partial charge in [-0.15, -0.1) is 0 Å². The molecule has 1 aromatic carbocycles. The van der Waals surface area contributed by atoms with Crippen molar-refractivity contribution in [1.29, 1.82) is 0 Å². The lowest BCUT2D eigenvalue weighted by molar-refractivity contribution is -0.129. The Morgan fingerprint density at radius 2 is 1.14 bits per heavy atom. The van der Waals surface area contributed by atoms with Crippen molar-refractivity contribution in [2.45, 2.75) is 115 Å². The summed E-state index contributed by atoms with van der Waals surface area (Å²) in [4.78, 5) is 50.9. The van der Waals surface area contributed by atoms with Gasteiger partial charge in [-0.2, -0.15) is 0 Å². The zero-order valence-corrected chi connectivity index (χ0v) is 36.3. The molecule has 1 heterocycles. The third-order valence-electron chi connectivity index (χ3n) is 10.8. The normalized spacial score (nSPS) is 18.4. The van der Waals surface area contributed by atoms with Crippen molar-refractivity contribution in [3.8, 4) is 11.5 Å². The van der Waals surface area contributed by atoms with Crippen LogP contribution in [-0.2, 0) is 9.59 Å². The topological polar surface area (TPSA) is 99.9 Å². The van der Waals surface area contributed by atoms with Gasteiger partial charge >= 0.3 is 17.6 Å². The standard InChI is InChI=1S/C51H60O7/c1-33(22-24-43-37(5)20-14-26-50(43,8)9)16-12-18-35(3)28-47(53)56-40-30-45(42-32-41(39(7)52)49(55)58-46(42)31-40)57-48(54)29-36(4)19-13-17-34(2)23-25-44-38(6)21-15-27-51(44,10)11/h12-13,16-19,22-25,28-32H,14-15,20-21,26-27H2,1-11H3/b18-12+,19-13+,24-22+,25-23+,33-16+,34-17+,35-28+,36-29+. The zero-order chi connectivity index (χ0) is 42.8. The van der Waals surface area contributed by atoms with Gasteiger partial charge in [0.1, 0.15) is 22.6 Å². The molecule has 0 spiro atoms. The van der Waals surface area contributed by atoms with Crippen LogP contribution in [0.1, 0.15) is 125 Å². The molecule has 7 heteroatoms. The molecule has 0 atom stereocenters. The second kappa shape index (κ2) is 19.7. The molecule has 2 aliphatic rings. The van der Waals surface area contributed by atoms with Crippen molar-refractivity contribution >= 4 is 28.7 Å². The van der Waals surface area contributed by atoms with Crippen molar-refractivity contribution in [2.75, 3.05) is 0 Å². The smallest absolute Gasteiger partial charge is 0.347 e. The molecule has 0 fully saturated rings. The lowest BCUT2D eigenvalue weighted by atomic mass is 9.72. The van der Waals surface area contributed by atoms with Crippen LogP contribution < -0.4 is 15.1 Å². The van der Waals surface area contributed by atoms with E-state index in [9.17, 15) is 19.2 Å². The average molecular weight is 785 g/mol. The number of Topliss-reactive ketones (excluding diaryl/α,β-unsaturated/α-hetero) is 1. The first-order valence-corrected chi connectivity index (χ1v) is 20.2. The first-order chi connectivity index (χ1) is 27.2. The van der Waals surface area contributed by atoms with Crippen LogP contribution in [0.25, 0.3) is 11.0 Å². The molecule has 0 saturated carbocycles. The highest BCUT2D eigenvalue weighted by molar-refractivity contribution is 5.99. The van der Waals surface area contributed by atoms with Gasteiger partial charge in [-0.05, 0) is 126 Å². The van der Waals surface area contributed by atoms with E-state index >= 15 is 0 Å². The number of carbonyl (C=O) groups is 3. The molecule has 7 nitrogen and oxygen atoms in total. The molecular weight excluding hydrogens is 725 g/mol. The Labute approximate surface area is 344 Å². The number of hydrogen-bond donors (Lipinski definition) is 0. The van der Waals surface area contributed by atoms with E-state index in [1.54, 1.807) is 26.0 Å². The minimum atomic E-state index is -0.859. The zero-order valence-electron chi connectivity index (χ0n) is 36.3. The van der Waals surface area contributed by atoms with E-state index in [-0.39, 0.29) is 38.9 Å². The molecule has 0 saturated heterocycles. The summed E-state index contributed by atoms with van der Waals surface area (Å²) in [6.07, 6.45) is 29.7. The first-order valence-electron chi connectivity index (χ1n) is 20.2. The molecule has 0 amide bonds. The Morgan fingerprint density at radius 3 is 1.60 bits per heavy atom. The molecule has 0 N–H and O–H groups in total. The van der Waals surface area contributed by atoms with Crippen molar-refractivity contribution < 1.29 is 28.3 Å². The van der Waals surface area contributed by atoms with E-state index in [2.05, 4.69) is 65.8 Å². The number of rotatable bonds is 13. The number of ether oxygens (including phenoxy) is 2. The third kappa shape index (κ3) is 12.7. The van der Waals surface area contributed by atoms with Gasteiger partial charge in [-0.1, -0.05) is 111 Å². The average Bonchev–Trinajstić information content (AvgIpc) is 3.10. The summed E-state index contributed by atoms with van der Waals surface area (Å²) in [5.41, 5.74) is 8.33. The molecule has 0 bridgehead atoms. The summed E-state index contributed by atoms with van der Waals surface area (Å²) in [7, 11) is 0. The van der Waals surface area contributed by atoms with E-state index in [1.165, 1.54) is 85.3 Å². The lowest BCUT2D eigenvalue weighted by Crippen LogP contribution is -2.19. The molecule has 0 aliphatic heterocycles. The summed E-state index contributed by atoms with van der Waals surface area (Å²) in [6.45, 7) is 22.5. The molecular formula is C51H60O7. The van der Waals surface area contributed by atoms with Crippen LogP contribution in [0.3, 0.4) is 0 Å². The van der Waals surface area contributed by atoms with Crippen molar-refractivity contribution in [3.05, 3.63) is 152 Å². The summed E-state index contributed by atoms with van der Waals surface area (Å²) in [6, 6.07) is 4.01. The van der Waals surface area contributed by atoms with E-state index in [0.717, 1.165) is 24.0 Å². The molecule has 306 valence electrons. The maximum absolute atomic E-state index is 13.2. The Balaban J connectivity index is 1.49. The van der Waals surface area contributed by atoms with Gasteiger partial charge in [0.15, 0.2) is 5.78 Å². The fraction of sp³-hybridized carbons (Fsp3) is 0.373. The molecule has 2 aromatic rings. The van der Waals surface area contributed by atoms with Crippen LogP contribution in [0, 0.1) is 10.8 Å². The molecule has 58 heavy (non-hydrogen) atoms. The van der Waals surface area contributed by atoms with E-state index in [0.29, 0.717) is 11.1 Å². The monoisotopic (exact) mass is 784 g/mol. The highest BCUT2D eigenvalue weighted by Crippen LogP contribution is 2.42. The molecule has 4 rings (SSSR count). The second-order valence-electron chi connectivity index (χ2n) is 17.0. The highest BCUT2D eigenvalue weighted by Gasteiger charge is 2.27. The number of benzene rings is 1. The fourth-order valence-electron chi connectivity index (χ4n) is 7.57. The van der Waals surface area contributed by atoms with E-state index < -0.39 is 23.3 Å². The van der Waals surface area contributed by atoms with Crippen molar-refractivity contribution in [3.63, 3.8) is 0 Å². The van der Waals surface area contributed by atoms with Crippen LogP contribution in [0.5, 0.6) is 11.5 Å². The Hall–Kier alpha value is -5.56. The number of fused-ring (bicyclic) bond motifs is 1. The van der Waals surface area contributed by atoms with Gasteiger partial charge in [-0.25, -0.2) is 14.4 Å². The third-order valence-corrected chi connectivity index (χ3v) is 10.8. The molecule has 2 aliphatic carbocycles. The highest BCUT2D eigenvalue weighted by atomic mass is 16.5. The summed E-state index contributed by atoms with van der Waals surface area (Å²) in [5, 5.41) is 0.195. The van der Waals surface area contributed by atoms with Crippen LogP contribution >= 0.6 is 0 Å². The van der Waals surface area contributed by atoms with E-state index in [4.69, 9.17) is 13.9 Å². The molecule has 0 radical (unpaired) electrons. The van der Waals surface area contributed by atoms with Gasteiger partial charge in [0.05, 0.1) is 5.39 Å². The Morgan fingerprint density at radius 1 is 0.655 bits per heavy atom. The van der Waals surface area contributed by atoms with Crippen LogP contribution in [0.4, 0.5) is 0 Å². The lowest BCUT2D eigenvalue weighted by Gasteiger charge is -2.33. The van der Waals surface area contributed by atoms with Gasteiger partial charge < -0.3 is 13.9 Å². The number of hydrogen-bond acceptors (Lipinski definition) is 7. The number of carbonyl (C=O) groups excluding carboxylic acids is 3. The quantitative estimate of drug-likeness (QED) is 0.0498. The number of allylic oxidation sites excluding steroid dienone is 18. The minimum Gasteiger partial charge on any atom is -0.423 e. The van der Waals surface area contributed by atoms with Gasteiger partial charge in [0, 0.05) is 24.3 Å². The Kier molecular flexibility index (Phi) is 15.4. The van der Waals surface area contributed by atoms with Crippen molar-refractivity contribution in [2.24, 2.45) is 10.8 Å². The predicted molar refractivity (Wildman–Crippen MR) is 236 cm³/mol. The SMILES string of the molecule is CC(=O)c1cc2c(OC(=O)/C=C(C)/C=C/C=C(C)/C=C/C3=C(C)CCCC3(C)C)cc(OC(=O)/C=C(C)/C=C/C=C(C)/C=C/C3=C(C)CCCC3(C)C)cc2oc1=O. The summed E-state index contributed by atoms with van der Waals surface area (Å²) < 4.78 is 16.7. The summed E-state index contributed by atoms with van der Waals surface area (Å²) >= 11 is 0. The maximum atomic E-state index is 13.2. The largest absolute Gasteiger partial charge is 0.423 e. The van der Waals surface area contributed by atoms with Crippen LogP contribution in [0.2, 0.25) is 0 Å². The number of ketones is 1. The van der Waals surface area contributed by atoms with Gasteiger partial charge in [0.2, 0.25) is 0 Å². The predicted octanol–water partition coefficient (Wildman–Crippen LogP) is 12.9. The number of esters is 2. The van der Waals surface area contributed by atoms with E-state index in [1.807, 2.05) is 38.2 Å². The molecule has 1 aromatic heterocycles. The fourth-order valence-corrected chi connectivity index (χ4v) is 7.57. The maximum Gasteiger partial charge on any atom is 0.347 e. The Bertz CT molecular complexity index is 2320. The van der Waals surface area contributed by atoms with Crippen LogP contribution in [0.15, 0.2) is 145 Å². The van der Waals surface area contributed by atoms with Crippen LogP contribution in [-0.4, -0.2) is 17.7 Å².